The lowest BCUT2D eigenvalue weighted by Crippen LogP contribution is -2.29. The van der Waals surface area contributed by atoms with Crippen LogP contribution in [0.2, 0.25) is 0 Å². The number of ketones is 1. The van der Waals surface area contributed by atoms with Gasteiger partial charge in [0.25, 0.3) is 11.7 Å². The Balaban J connectivity index is 1.93. The number of hydrogen-bond donors (Lipinski definition) is 1. The van der Waals surface area contributed by atoms with Gasteiger partial charge in [0.15, 0.2) is 0 Å². The third-order valence-electron chi connectivity index (χ3n) is 5.97. The molecule has 0 spiro atoms. The van der Waals surface area contributed by atoms with Gasteiger partial charge in [-0.15, -0.1) is 0 Å². The number of nitrogens with zero attached hydrogens (tertiary/aromatic N) is 1. The van der Waals surface area contributed by atoms with Gasteiger partial charge >= 0.3 is 0 Å². The van der Waals surface area contributed by atoms with Gasteiger partial charge in [-0.05, 0) is 67.8 Å². The van der Waals surface area contributed by atoms with Crippen LogP contribution in [-0.2, 0) is 9.59 Å². The number of ether oxygens (including phenoxy) is 1. The van der Waals surface area contributed by atoms with Crippen molar-refractivity contribution in [3.05, 3.63) is 100 Å². The van der Waals surface area contributed by atoms with Gasteiger partial charge in [-0.1, -0.05) is 42.0 Å². The zero-order chi connectivity index (χ0) is 23.0. The maximum atomic E-state index is 13.2. The molecule has 0 bridgehead atoms. The first-order valence-electron chi connectivity index (χ1n) is 10.4. The van der Waals surface area contributed by atoms with Crippen molar-refractivity contribution in [2.75, 3.05) is 12.0 Å². The third-order valence-corrected chi connectivity index (χ3v) is 5.97. The molecule has 5 heteroatoms. The summed E-state index contributed by atoms with van der Waals surface area (Å²) >= 11 is 0. The molecule has 32 heavy (non-hydrogen) atoms. The summed E-state index contributed by atoms with van der Waals surface area (Å²) in [4.78, 5) is 27.8. The van der Waals surface area contributed by atoms with Crippen LogP contribution in [0.15, 0.2) is 72.3 Å². The van der Waals surface area contributed by atoms with E-state index in [1.54, 1.807) is 25.3 Å². The fraction of sp³-hybridized carbons (Fsp3) is 0.185. The minimum Gasteiger partial charge on any atom is -0.507 e. The summed E-state index contributed by atoms with van der Waals surface area (Å²) < 4.78 is 5.26. The van der Waals surface area contributed by atoms with Gasteiger partial charge in [0, 0.05) is 11.3 Å². The van der Waals surface area contributed by atoms with E-state index < -0.39 is 17.7 Å². The number of rotatable bonds is 4. The molecule has 0 saturated carbocycles. The van der Waals surface area contributed by atoms with Crippen molar-refractivity contribution in [3.63, 3.8) is 0 Å². The minimum absolute atomic E-state index is 0.0731. The van der Waals surface area contributed by atoms with E-state index in [1.807, 2.05) is 69.3 Å². The van der Waals surface area contributed by atoms with Crippen molar-refractivity contribution < 1.29 is 19.4 Å². The fourth-order valence-corrected chi connectivity index (χ4v) is 3.95. The largest absolute Gasteiger partial charge is 0.507 e. The number of anilines is 1. The summed E-state index contributed by atoms with van der Waals surface area (Å²) in [5.41, 5.74) is 4.99. The number of methoxy groups -OCH3 is 1. The van der Waals surface area contributed by atoms with Crippen LogP contribution in [0.4, 0.5) is 5.69 Å². The van der Waals surface area contributed by atoms with Crippen LogP contribution in [0.1, 0.15) is 33.9 Å². The molecule has 3 aromatic carbocycles. The molecule has 1 heterocycles. The number of Topliss-reactive ketones (excluding diaryl/α,β-unsaturated/α-hetero) is 1. The average Bonchev–Trinajstić information content (AvgIpc) is 3.06. The summed E-state index contributed by atoms with van der Waals surface area (Å²) in [7, 11) is 1.58. The van der Waals surface area contributed by atoms with E-state index in [-0.39, 0.29) is 11.3 Å². The van der Waals surface area contributed by atoms with E-state index in [9.17, 15) is 14.7 Å². The first kappa shape index (κ1) is 21.4. The molecule has 0 aromatic heterocycles. The predicted octanol–water partition coefficient (Wildman–Crippen LogP) is 5.25. The molecule has 1 aliphatic heterocycles. The molecule has 3 aromatic rings. The number of aryl methyl sites for hydroxylation is 3. The van der Waals surface area contributed by atoms with Crippen LogP contribution in [-0.4, -0.2) is 23.9 Å². The minimum atomic E-state index is -0.759. The highest BCUT2D eigenvalue weighted by Crippen LogP contribution is 2.42. The Labute approximate surface area is 187 Å². The molecule has 1 amide bonds. The van der Waals surface area contributed by atoms with Crippen LogP contribution >= 0.6 is 0 Å². The lowest BCUT2D eigenvalue weighted by atomic mass is 9.94. The Morgan fingerprint density at radius 2 is 1.53 bits per heavy atom. The van der Waals surface area contributed by atoms with E-state index >= 15 is 0 Å². The van der Waals surface area contributed by atoms with Gasteiger partial charge < -0.3 is 9.84 Å². The molecule has 1 atom stereocenters. The van der Waals surface area contributed by atoms with Crippen LogP contribution < -0.4 is 9.64 Å². The molecule has 1 aliphatic rings. The summed E-state index contributed by atoms with van der Waals surface area (Å²) in [5, 5.41) is 11.2. The van der Waals surface area contributed by atoms with Crippen LogP contribution in [0.5, 0.6) is 5.75 Å². The van der Waals surface area contributed by atoms with Crippen molar-refractivity contribution >= 4 is 23.1 Å². The number of carbonyl (C=O) groups excluding carboxylic acids is 2. The van der Waals surface area contributed by atoms with Crippen LogP contribution in [0.25, 0.3) is 5.76 Å². The molecule has 1 fully saturated rings. The monoisotopic (exact) mass is 427 g/mol. The molecular formula is C27H25NO4. The van der Waals surface area contributed by atoms with E-state index in [0.717, 1.165) is 16.7 Å². The molecule has 0 aliphatic carbocycles. The number of carbonyl (C=O) groups is 2. The normalized spacial score (nSPS) is 17.6. The number of benzene rings is 3. The van der Waals surface area contributed by atoms with Gasteiger partial charge in [-0.25, -0.2) is 0 Å². The Morgan fingerprint density at radius 1 is 0.875 bits per heavy atom. The van der Waals surface area contributed by atoms with Gasteiger partial charge in [-0.3, -0.25) is 14.5 Å². The maximum absolute atomic E-state index is 13.2. The van der Waals surface area contributed by atoms with Gasteiger partial charge in [0.1, 0.15) is 11.5 Å². The van der Waals surface area contributed by atoms with E-state index in [0.29, 0.717) is 22.6 Å². The first-order valence-corrected chi connectivity index (χ1v) is 10.4. The first-order chi connectivity index (χ1) is 15.3. The van der Waals surface area contributed by atoms with E-state index in [1.165, 1.54) is 4.90 Å². The second-order valence-electron chi connectivity index (χ2n) is 8.08. The molecule has 0 radical (unpaired) electrons. The SMILES string of the molecule is COc1ccc(C2/C(=C(/O)c3ccc(C)c(C)c3)C(=O)C(=O)N2c2ccc(C)cc2)cc1. The summed E-state index contributed by atoms with van der Waals surface area (Å²) in [6, 6.07) is 19.3. The van der Waals surface area contributed by atoms with Gasteiger partial charge in [0.05, 0.1) is 18.7 Å². The summed E-state index contributed by atoms with van der Waals surface area (Å²) in [6.45, 7) is 5.88. The van der Waals surface area contributed by atoms with Crippen LogP contribution in [0, 0.1) is 20.8 Å². The second-order valence-corrected chi connectivity index (χ2v) is 8.08. The highest BCUT2D eigenvalue weighted by Gasteiger charge is 2.46. The third kappa shape index (κ3) is 3.66. The van der Waals surface area contributed by atoms with Crippen molar-refractivity contribution in [3.8, 4) is 5.75 Å². The van der Waals surface area contributed by atoms with Gasteiger partial charge in [0.2, 0.25) is 0 Å². The zero-order valence-corrected chi connectivity index (χ0v) is 18.5. The smallest absolute Gasteiger partial charge is 0.300 e. The quantitative estimate of drug-likeness (QED) is 0.351. The highest BCUT2D eigenvalue weighted by molar-refractivity contribution is 6.51. The lowest BCUT2D eigenvalue weighted by molar-refractivity contribution is -0.132. The predicted molar refractivity (Wildman–Crippen MR) is 125 cm³/mol. The Kier molecular flexibility index (Phi) is 5.57. The van der Waals surface area contributed by atoms with Crippen LogP contribution in [0.3, 0.4) is 0 Å². The molecule has 162 valence electrons. The standard InChI is InChI=1S/C27H25NO4/c1-16-5-11-21(12-6-16)28-24(19-9-13-22(32-4)14-10-19)23(26(30)27(28)31)25(29)20-8-7-17(2)18(3)15-20/h5-15,24,29H,1-4H3/b25-23-. The van der Waals surface area contributed by atoms with Crippen molar-refractivity contribution in [2.45, 2.75) is 26.8 Å². The van der Waals surface area contributed by atoms with Crippen molar-refractivity contribution in [1.82, 2.24) is 0 Å². The molecule has 5 nitrogen and oxygen atoms in total. The molecule has 1 saturated heterocycles. The van der Waals surface area contributed by atoms with Gasteiger partial charge in [-0.2, -0.15) is 0 Å². The molecular weight excluding hydrogens is 402 g/mol. The topological polar surface area (TPSA) is 66.8 Å². The average molecular weight is 428 g/mol. The molecule has 1 unspecified atom stereocenters. The van der Waals surface area contributed by atoms with E-state index in [4.69, 9.17) is 4.74 Å². The number of hydrogen-bond acceptors (Lipinski definition) is 4. The maximum Gasteiger partial charge on any atom is 0.300 e. The molecule has 1 N–H and O–H groups in total. The fourth-order valence-electron chi connectivity index (χ4n) is 3.95. The number of aliphatic hydroxyl groups excluding tert-OH is 1. The Hall–Kier alpha value is -3.86. The number of amides is 1. The Morgan fingerprint density at radius 3 is 2.12 bits per heavy atom. The lowest BCUT2D eigenvalue weighted by Gasteiger charge is -2.25. The zero-order valence-electron chi connectivity index (χ0n) is 18.5. The Bertz CT molecular complexity index is 1220. The van der Waals surface area contributed by atoms with Crippen molar-refractivity contribution in [1.29, 1.82) is 0 Å². The molecule has 4 rings (SSSR count). The summed E-state index contributed by atoms with van der Waals surface area (Å²) in [5.74, 6) is -0.890. The number of aliphatic hydroxyl groups is 1. The summed E-state index contributed by atoms with van der Waals surface area (Å²) in [6.07, 6.45) is 0. The van der Waals surface area contributed by atoms with Crippen molar-refractivity contribution in [2.24, 2.45) is 0 Å². The van der Waals surface area contributed by atoms with E-state index in [2.05, 4.69) is 0 Å². The highest BCUT2D eigenvalue weighted by atomic mass is 16.5. The second kappa shape index (κ2) is 8.35.